The van der Waals surface area contributed by atoms with E-state index >= 15 is 0 Å². The number of nitrogens with two attached hydrogens (primary N) is 1. The van der Waals surface area contributed by atoms with E-state index in [-0.39, 0.29) is 11.5 Å². The molecule has 0 radical (unpaired) electrons. The molecule has 0 aliphatic carbocycles. The van der Waals surface area contributed by atoms with Crippen molar-refractivity contribution in [3.8, 4) is 0 Å². The first-order chi connectivity index (χ1) is 5.39. The summed E-state index contributed by atoms with van der Waals surface area (Å²) in [5.41, 5.74) is 5.03. The Hall–Kier alpha value is -0.610. The Morgan fingerprint density at radius 3 is 2.50 bits per heavy atom. The fourth-order valence-corrected chi connectivity index (χ4v) is 0.533. The predicted octanol–water partition coefficient (Wildman–Crippen LogP) is -0.125. The summed E-state index contributed by atoms with van der Waals surface area (Å²) in [6.07, 6.45) is 0. The van der Waals surface area contributed by atoms with Gasteiger partial charge in [0.05, 0.1) is 11.6 Å². The Kier molecular flexibility index (Phi) is 4.20. The van der Waals surface area contributed by atoms with Gasteiger partial charge in [-0.25, -0.2) is 0 Å². The highest BCUT2D eigenvalue weighted by Crippen LogP contribution is 2.04. The molecule has 12 heavy (non-hydrogen) atoms. The Balaban J connectivity index is 3.76. The lowest BCUT2D eigenvalue weighted by Gasteiger charge is -2.23. The molecule has 4 nitrogen and oxygen atoms in total. The third-order valence-electron chi connectivity index (χ3n) is 1.65. The lowest BCUT2D eigenvalue weighted by atomic mass is 10.1. The van der Waals surface area contributed by atoms with Crippen LogP contribution in [-0.2, 0) is 9.53 Å². The fourth-order valence-electron chi connectivity index (χ4n) is 0.533. The Morgan fingerprint density at radius 2 is 2.17 bits per heavy atom. The molecule has 0 aromatic rings. The van der Waals surface area contributed by atoms with Crippen molar-refractivity contribution in [2.75, 3.05) is 13.7 Å². The second-order valence-corrected chi connectivity index (χ2v) is 3.47. The first kappa shape index (κ1) is 11.4. The number of nitrogens with one attached hydrogen (secondary N) is 1. The van der Waals surface area contributed by atoms with Crippen LogP contribution in [0.3, 0.4) is 0 Å². The van der Waals surface area contributed by atoms with E-state index in [9.17, 15) is 4.79 Å². The molecule has 1 amide bonds. The third-order valence-corrected chi connectivity index (χ3v) is 1.65. The molecule has 0 aliphatic rings. The van der Waals surface area contributed by atoms with E-state index < -0.39 is 6.04 Å². The van der Waals surface area contributed by atoms with Crippen LogP contribution in [0, 0.1) is 0 Å². The van der Waals surface area contributed by atoms with Crippen LogP contribution >= 0.6 is 0 Å². The molecule has 4 heteroatoms. The van der Waals surface area contributed by atoms with Crippen LogP contribution in [0.4, 0.5) is 0 Å². The van der Waals surface area contributed by atoms with Crippen LogP contribution in [0.15, 0.2) is 0 Å². The van der Waals surface area contributed by atoms with Gasteiger partial charge >= 0.3 is 0 Å². The maximum atomic E-state index is 11.0. The zero-order valence-corrected chi connectivity index (χ0v) is 8.18. The standard InChI is InChI=1S/C8H18N2O2/c1-6(9)7(11)10-5-8(2,3)12-4/h6H,5,9H2,1-4H3,(H,10,11). The van der Waals surface area contributed by atoms with Gasteiger partial charge in [-0.2, -0.15) is 0 Å². The van der Waals surface area contributed by atoms with Gasteiger partial charge in [0.1, 0.15) is 0 Å². The second kappa shape index (κ2) is 4.42. The molecule has 0 heterocycles. The third kappa shape index (κ3) is 4.31. The van der Waals surface area contributed by atoms with E-state index in [1.54, 1.807) is 14.0 Å². The molecule has 0 spiro atoms. The van der Waals surface area contributed by atoms with Crippen molar-refractivity contribution in [3.63, 3.8) is 0 Å². The number of hydrogen-bond donors (Lipinski definition) is 2. The summed E-state index contributed by atoms with van der Waals surface area (Å²) in [6, 6.07) is -0.461. The first-order valence-corrected chi connectivity index (χ1v) is 3.97. The molecular formula is C8H18N2O2. The number of ether oxygens (including phenoxy) is 1. The normalized spacial score (nSPS) is 14.1. The molecule has 1 unspecified atom stereocenters. The largest absolute Gasteiger partial charge is 0.377 e. The highest BCUT2D eigenvalue weighted by molar-refractivity contribution is 5.80. The smallest absolute Gasteiger partial charge is 0.236 e. The summed E-state index contributed by atoms with van der Waals surface area (Å²) < 4.78 is 5.11. The van der Waals surface area contributed by atoms with Crippen LogP contribution in [0.5, 0.6) is 0 Å². The minimum atomic E-state index is -0.461. The monoisotopic (exact) mass is 174 g/mol. The van der Waals surface area contributed by atoms with Gasteiger partial charge < -0.3 is 15.8 Å². The van der Waals surface area contributed by atoms with Crippen molar-refractivity contribution >= 4 is 5.91 Å². The highest BCUT2D eigenvalue weighted by Gasteiger charge is 2.18. The van der Waals surface area contributed by atoms with Gasteiger partial charge in [-0.1, -0.05) is 0 Å². The van der Waals surface area contributed by atoms with Gasteiger partial charge in [-0.05, 0) is 20.8 Å². The molecule has 0 saturated heterocycles. The zero-order valence-electron chi connectivity index (χ0n) is 8.18. The van der Waals surface area contributed by atoms with E-state index in [1.807, 2.05) is 13.8 Å². The number of rotatable bonds is 4. The molecule has 0 rings (SSSR count). The molecule has 0 aromatic carbocycles. The van der Waals surface area contributed by atoms with Crippen LogP contribution in [0.25, 0.3) is 0 Å². The SMILES string of the molecule is COC(C)(C)CNC(=O)C(C)N. The van der Waals surface area contributed by atoms with E-state index in [1.165, 1.54) is 0 Å². The van der Waals surface area contributed by atoms with Crippen molar-refractivity contribution in [2.45, 2.75) is 32.4 Å². The summed E-state index contributed by atoms with van der Waals surface area (Å²) in [6.45, 7) is 5.92. The minimum absolute atomic E-state index is 0.153. The van der Waals surface area contributed by atoms with Crippen molar-refractivity contribution in [1.82, 2.24) is 5.32 Å². The number of carbonyl (C=O) groups excluding carboxylic acids is 1. The second-order valence-electron chi connectivity index (χ2n) is 3.47. The number of amides is 1. The topological polar surface area (TPSA) is 64.3 Å². The average Bonchev–Trinajstić information content (AvgIpc) is 2.00. The summed E-state index contributed by atoms with van der Waals surface area (Å²) >= 11 is 0. The van der Waals surface area contributed by atoms with E-state index in [0.29, 0.717) is 6.54 Å². The predicted molar refractivity (Wildman–Crippen MR) is 47.7 cm³/mol. The van der Waals surface area contributed by atoms with E-state index in [4.69, 9.17) is 10.5 Å². The minimum Gasteiger partial charge on any atom is -0.377 e. The quantitative estimate of drug-likeness (QED) is 0.624. The lowest BCUT2D eigenvalue weighted by Crippen LogP contribution is -2.45. The van der Waals surface area contributed by atoms with Crippen LogP contribution in [0.1, 0.15) is 20.8 Å². The summed E-state index contributed by atoms with van der Waals surface area (Å²) in [5, 5.41) is 2.68. The van der Waals surface area contributed by atoms with Crippen LogP contribution in [-0.4, -0.2) is 31.2 Å². The van der Waals surface area contributed by atoms with Gasteiger partial charge in [0.25, 0.3) is 0 Å². The van der Waals surface area contributed by atoms with Gasteiger partial charge in [-0.15, -0.1) is 0 Å². The van der Waals surface area contributed by atoms with Crippen molar-refractivity contribution < 1.29 is 9.53 Å². The molecule has 0 aliphatic heterocycles. The Morgan fingerprint density at radius 1 is 1.67 bits per heavy atom. The molecule has 0 saturated carbocycles. The molecular weight excluding hydrogens is 156 g/mol. The number of hydrogen-bond acceptors (Lipinski definition) is 3. The Labute approximate surface area is 73.5 Å². The molecule has 72 valence electrons. The lowest BCUT2D eigenvalue weighted by molar-refractivity contribution is -0.123. The first-order valence-electron chi connectivity index (χ1n) is 3.97. The maximum Gasteiger partial charge on any atom is 0.236 e. The molecule has 0 bridgehead atoms. The van der Waals surface area contributed by atoms with Crippen molar-refractivity contribution in [2.24, 2.45) is 5.73 Å². The molecule has 3 N–H and O–H groups in total. The van der Waals surface area contributed by atoms with Gasteiger partial charge in [0.2, 0.25) is 5.91 Å². The highest BCUT2D eigenvalue weighted by atomic mass is 16.5. The summed E-state index contributed by atoms with van der Waals surface area (Å²) in [4.78, 5) is 11.0. The number of carbonyl (C=O) groups is 1. The number of methoxy groups -OCH3 is 1. The summed E-state index contributed by atoms with van der Waals surface area (Å²) in [5.74, 6) is -0.153. The maximum absolute atomic E-state index is 11.0. The average molecular weight is 174 g/mol. The van der Waals surface area contributed by atoms with Gasteiger partial charge in [0, 0.05) is 13.7 Å². The van der Waals surface area contributed by atoms with Crippen molar-refractivity contribution in [1.29, 1.82) is 0 Å². The van der Waals surface area contributed by atoms with Gasteiger partial charge in [-0.3, -0.25) is 4.79 Å². The van der Waals surface area contributed by atoms with Gasteiger partial charge in [0.15, 0.2) is 0 Å². The summed E-state index contributed by atoms with van der Waals surface area (Å²) in [7, 11) is 1.61. The van der Waals surface area contributed by atoms with E-state index in [0.717, 1.165) is 0 Å². The molecule has 0 fully saturated rings. The van der Waals surface area contributed by atoms with Crippen molar-refractivity contribution in [3.05, 3.63) is 0 Å². The molecule has 0 aromatic heterocycles. The molecule has 1 atom stereocenters. The Bertz CT molecular complexity index is 155. The van der Waals surface area contributed by atoms with E-state index in [2.05, 4.69) is 5.32 Å². The fraction of sp³-hybridized carbons (Fsp3) is 0.875. The van der Waals surface area contributed by atoms with Crippen LogP contribution in [0.2, 0.25) is 0 Å². The zero-order chi connectivity index (χ0) is 9.78. The van der Waals surface area contributed by atoms with Crippen LogP contribution < -0.4 is 11.1 Å².